The lowest BCUT2D eigenvalue weighted by Gasteiger charge is -2.12. The van der Waals surface area contributed by atoms with Gasteiger partial charge < -0.3 is 9.47 Å². The van der Waals surface area contributed by atoms with Crippen molar-refractivity contribution in [3.8, 4) is 6.07 Å². The molecule has 0 aromatic carbocycles. The van der Waals surface area contributed by atoms with Crippen LogP contribution in [0.25, 0.3) is 0 Å². The van der Waals surface area contributed by atoms with Crippen molar-refractivity contribution in [1.82, 2.24) is 4.98 Å². The maximum atomic E-state index is 9.10. The normalized spacial score (nSPS) is 20.9. The Kier molecular flexibility index (Phi) is 1.87. The van der Waals surface area contributed by atoms with E-state index in [4.69, 9.17) is 14.7 Å². The van der Waals surface area contributed by atoms with E-state index in [0.29, 0.717) is 5.69 Å². The summed E-state index contributed by atoms with van der Waals surface area (Å²) >= 11 is 0. The molecule has 2 aliphatic rings. The van der Waals surface area contributed by atoms with E-state index < -0.39 is 6.29 Å². The SMILES string of the molecule is N#CC1(c2cccc(C3OC=CO3)n2)CC1. The van der Waals surface area contributed by atoms with Crippen LogP contribution in [0.3, 0.4) is 0 Å². The molecule has 4 heteroatoms. The molecule has 1 aliphatic heterocycles. The predicted octanol–water partition coefficient (Wildman–Crippen LogP) is 2.15. The van der Waals surface area contributed by atoms with Gasteiger partial charge in [-0.1, -0.05) is 6.07 Å². The monoisotopic (exact) mass is 214 g/mol. The predicted molar refractivity (Wildman–Crippen MR) is 54.8 cm³/mol. The van der Waals surface area contributed by atoms with Gasteiger partial charge in [-0.3, -0.25) is 0 Å². The maximum Gasteiger partial charge on any atom is 0.283 e. The summed E-state index contributed by atoms with van der Waals surface area (Å²) in [7, 11) is 0. The number of rotatable bonds is 2. The average Bonchev–Trinajstić information content (AvgIpc) is 2.95. The number of pyridine rings is 1. The van der Waals surface area contributed by atoms with Crippen LogP contribution in [-0.4, -0.2) is 4.98 Å². The smallest absolute Gasteiger partial charge is 0.283 e. The van der Waals surface area contributed by atoms with E-state index >= 15 is 0 Å². The lowest BCUT2D eigenvalue weighted by atomic mass is 10.0. The van der Waals surface area contributed by atoms with Gasteiger partial charge in [-0.2, -0.15) is 5.26 Å². The van der Waals surface area contributed by atoms with E-state index in [1.807, 2.05) is 18.2 Å². The van der Waals surface area contributed by atoms with Crippen LogP contribution in [0.5, 0.6) is 0 Å². The Morgan fingerprint density at radius 3 is 2.69 bits per heavy atom. The van der Waals surface area contributed by atoms with Crippen LogP contribution in [0.4, 0.5) is 0 Å². The van der Waals surface area contributed by atoms with Crippen molar-refractivity contribution in [2.24, 2.45) is 0 Å². The van der Waals surface area contributed by atoms with Crippen LogP contribution in [0.15, 0.2) is 30.7 Å². The van der Waals surface area contributed by atoms with E-state index in [1.54, 1.807) is 0 Å². The molecule has 4 nitrogen and oxygen atoms in total. The third-order valence-corrected chi connectivity index (χ3v) is 2.93. The van der Waals surface area contributed by atoms with Crippen molar-refractivity contribution in [1.29, 1.82) is 5.26 Å². The first-order chi connectivity index (χ1) is 7.84. The molecule has 1 saturated carbocycles. The maximum absolute atomic E-state index is 9.10. The number of ether oxygens (including phenoxy) is 2. The van der Waals surface area contributed by atoms with E-state index in [-0.39, 0.29) is 5.41 Å². The first-order valence-electron chi connectivity index (χ1n) is 5.19. The third kappa shape index (κ3) is 1.33. The summed E-state index contributed by atoms with van der Waals surface area (Å²) in [6.07, 6.45) is 4.32. The summed E-state index contributed by atoms with van der Waals surface area (Å²) in [6, 6.07) is 7.95. The molecule has 1 aliphatic carbocycles. The second-order valence-electron chi connectivity index (χ2n) is 4.02. The van der Waals surface area contributed by atoms with Crippen LogP contribution in [0.1, 0.15) is 30.5 Å². The molecule has 16 heavy (non-hydrogen) atoms. The first-order valence-corrected chi connectivity index (χ1v) is 5.19. The number of hydrogen-bond acceptors (Lipinski definition) is 4. The Morgan fingerprint density at radius 2 is 2.06 bits per heavy atom. The molecule has 0 atom stereocenters. The highest BCUT2D eigenvalue weighted by molar-refractivity contribution is 5.34. The molecule has 2 heterocycles. The molecule has 1 aromatic rings. The van der Waals surface area contributed by atoms with Gasteiger partial charge in [-0.25, -0.2) is 4.98 Å². The van der Waals surface area contributed by atoms with Gasteiger partial charge in [0.15, 0.2) is 0 Å². The number of hydrogen-bond donors (Lipinski definition) is 0. The molecule has 1 fully saturated rings. The largest absolute Gasteiger partial charge is 0.454 e. The fourth-order valence-corrected chi connectivity index (χ4v) is 1.78. The van der Waals surface area contributed by atoms with Crippen LogP contribution in [0, 0.1) is 11.3 Å². The highest BCUT2D eigenvalue weighted by Crippen LogP contribution is 2.46. The summed E-state index contributed by atoms with van der Waals surface area (Å²) in [5.41, 5.74) is 1.18. The molecule has 0 saturated heterocycles. The quantitative estimate of drug-likeness (QED) is 0.756. The lowest BCUT2D eigenvalue weighted by Crippen LogP contribution is -2.09. The fourth-order valence-electron chi connectivity index (χ4n) is 1.78. The van der Waals surface area contributed by atoms with Crippen molar-refractivity contribution in [3.63, 3.8) is 0 Å². The number of aromatic nitrogens is 1. The molecule has 3 rings (SSSR count). The topological polar surface area (TPSA) is 55.1 Å². The molecule has 0 unspecified atom stereocenters. The van der Waals surface area contributed by atoms with Gasteiger partial charge in [0.1, 0.15) is 18.2 Å². The zero-order valence-corrected chi connectivity index (χ0v) is 8.59. The molecule has 0 bridgehead atoms. The van der Waals surface area contributed by atoms with E-state index in [0.717, 1.165) is 18.5 Å². The molecule has 0 radical (unpaired) electrons. The second-order valence-corrected chi connectivity index (χ2v) is 4.02. The highest BCUT2D eigenvalue weighted by Gasteiger charge is 2.46. The van der Waals surface area contributed by atoms with Gasteiger partial charge >= 0.3 is 0 Å². The van der Waals surface area contributed by atoms with Crippen molar-refractivity contribution in [2.75, 3.05) is 0 Å². The minimum atomic E-state index is -0.463. The van der Waals surface area contributed by atoms with Crippen molar-refractivity contribution in [2.45, 2.75) is 24.5 Å². The molecule has 1 aromatic heterocycles. The average molecular weight is 214 g/mol. The Labute approximate surface area is 93.1 Å². The Morgan fingerprint density at radius 1 is 1.31 bits per heavy atom. The van der Waals surface area contributed by atoms with E-state index in [2.05, 4.69) is 11.1 Å². The zero-order chi connectivity index (χ0) is 11.0. The highest BCUT2D eigenvalue weighted by atomic mass is 16.7. The van der Waals surface area contributed by atoms with Crippen LogP contribution < -0.4 is 0 Å². The fraction of sp³-hybridized carbons (Fsp3) is 0.333. The summed E-state index contributed by atoms with van der Waals surface area (Å²) in [5.74, 6) is 0. The summed E-state index contributed by atoms with van der Waals surface area (Å²) in [5, 5.41) is 9.10. The number of nitriles is 1. The summed E-state index contributed by atoms with van der Waals surface area (Å²) < 4.78 is 10.4. The van der Waals surface area contributed by atoms with E-state index in [9.17, 15) is 0 Å². The van der Waals surface area contributed by atoms with Gasteiger partial charge in [0.25, 0.3) is 6.29 Å². The van der Waals surface area contributed by atoms with Crippen LogP contribution in [-0.2, 0) is 14.9 Å². The minimum absolute atomic E-state index is 0.359. The van der Waals surface area contributed by atoms with Crippen molar-refractivity contribution < 1.29 is 9.47 Å². The summed E-state index contributed by atoms with van der Waals surface area (Å²) in [6.45, 7) is 0. The molecular formula is C12H10N2O2. The molecule has 0 N–H and O–H groups in total. The first kappa shape index (κ1) is 9.22. The van der Waals surface area contributed by atoms with Gasteiger partial charge in [0, 0.05) is 0 Å². The Bertz CT molecular complexity index is 478. The van der Waals surface area contributed by atoms with Crippen LogP contribution >= 0.6 is 0 Å². The molecular weight excluding hydrogens is 204 g/mol. The minimum Gasteiger partial charge on any atom is -0.454 e. The molecule has 0 amide bonds. The number of nitrogens with zero attached hydrogens (tertiary/aromatic N) is 2. The van der Waals surface area contributed by atoms with Crippen molar-refractivity contribution in [3.05, 3.63) is 42.1 Å². The molecule has 80 valence electrons. The Balaban J connectivity index is 1.92. The third-order valence-electron chi connectivity index (χ3n) is 2.93. The molecule has 0 spiro atoms. The van der Waals surface area contributed by atoms with Gasteiger partial charge in [-0.15, -0.1) is 0 Å². The lowest BCUT2D eigenvalue weighted by molar-refractivity contribution is -0.0281. The summed E-state index contributed by atoms with van der Waals surface area (Å²) in [4.78, 5) is 4.45. The standard InChI is InChI=1S/C12H10N2O2/c13-8-12(4-5-12)10-3-1-2-9(14-10)11-15-6-7-16-11/h1-3,6-7,11H,4-5H2. The Hall–Kier alpha value is -2.02. The second kappa shape index (κ2) is 3.24. The van der Waals surface area contributed by atoms with Gasteiger partial charge in [0.2, 0.25) is 0 Å². The zero-order valence-electron chi connectivity index (χ0n) is 8.59. The van der Waals surface area contributed by atoms with Crippen molar-refractivity contribution >= 4 is 0 Å². The van der Waals surface area contributed by atoms with E-state index in [1.165, 1.54) is 12.5 Å². The van der Waals surface area contributed by atoms with Gasteiger partial charge in [-0.05, 0) is 25.0 Å². The van der Waals surface area contributed by atoms with Crippen LogP contribution in [0.2, 0.25) is 0 Å². The van der Waals surface area contributed by atoms with Gasteiger partial charge in [0.05, 0.1) is 17.2 Å².